The Labute approximate surface area is 149 Å². The molecule has 0 radical (unpaired) electrons. The Hall–Kier alpha value is -1.99. The summed E-state index contributed by atoms with van der Waals surface area (Å²) >= 11 is 3.52. The number of aromatic nitrogens is 4. The van der Waals surface area contributed by atoms with Crippen molar-refractivity contribution in [2.75, 3.05) is 11.5 Å². The van der Waals surface area contributed by atoms with Crippen LogP contribution < -0.4 is 4.90 Å². The van der Waals surface area contributed by atoms with Crippen molar-refractivity contribution in [1.82, 2.24) is 19.7 Å². The van der Waals surface area contributed by atoms with Gasteiger partial charge in [0.25, 0.3) is 0 Å². The highest BCUT2D eigenvalue weighted by atomic mass is 79.9. The number of aliphatic hydroxyl groups is 1. The summed E-state index contributed by atoms with van der Waals surface area (Å²) in [5, 5.41) is 14.7. The fourth-order valence-electron chi connectivity index (χ4n) is 2.81. The number of nitrogens with zero attached hydrogens (tertiary/aromatic N) is 5. The second-order valence-electron chi connectivity index (χ2n) is 5.79. The topological polar surface area (TPSA) is 67.1 Å². The van der Waals surface area contributed by atoms with Crippen molar-refractivity contribution in [3.05, 3.63) is 46.8 Å². The molecule has 0 aliphatic carbocycles. The monoisotopic (exact) mass is 389 g/mol. The maximum absolute atomic E-state index is 9.39. The molecule has 0 spiro atoms. The lowest BCUT2D eigenvalue weighted by molar-refractivity contribution is 0.275. The molecule has 0 aliphatic heterocycles. The second kappa shape index (κ2) is 7.27. The molecule has 0 fully saturated rings. The molecule has 0 saturated heterocycles. The van der Waals surface area contributed by atoms with E-state index in [9.17, 15) is 5.11 Å². The number of aliphatic hydroxyl groups excluding tert-OH is 1. The zero-order valence-corrected chi connectivity index (χ0v) is 15.3. The molecule has 1 N–H and O–H groups in total. The van der Waals surface area contributed by atoms with Crippen molar-refractivity contribution < 1.29 is 5.11 Å². The van der Waals surface area contributed by atoms with Crippen molar-refractivity contribution in [2.24, 2.45) is 7.05 Å². The number of fused-ring (bicyclic) bond motifs is 1. The summed E-state index contributed by atoms with van der Waals surface area (Å²) in [6.45, 7) is 2.93. The van der Waals surface area contributed by atoms with Crippen LogP contribution in [-0.2, 0) is 13.6 Å². The highest BCUT2D eigenvalue weighted by molar-refractivity contribution is 9.10. The summed E-state index contributed by atoms with van der Waals surface area (Å²) in [4.78, 5) is 11.1. The number of aryl methyl sites for hydroxylation is 1. The van der Waals surface area contributed by atoms with Gasteiger partial charge in [0.15, 0.2) is 5.65 Å². The lowest BCUT2D eigenvalue weighted by Gasteiger charge is -2.30. The van der Waals surface area contributed by atoms with Gasteiger partial charge in [-0.3, -0.25) is 0 Å². The Bertz CT molecular complexity index is 820. The van der Waals surface area contributed by atoms with E-state index in [1.807, 2.05) is 25.2 Å². The van der Waals surface area contributed by atoms with E-state index < -0.39 is 0 Å². The molecule has 1 aromatic carbocycles. The van der Waals surface area contributed by atoms with Gasteiger partial charge in [0, 0.05) is 26.2 Å². The van der Waals surface area contributed by atoms with Gasteiger partial charge in [-0.05, 0) is 34.8 Å². The van der Waals surface area contributed by atoms with E-state index in [0.717, 1.165) is 21.5 Å². The SMILES string of the molecule is CC(CCO)N(Cc1ccccc1)c1ncnc2c1c(Br)nn2C. The van der Waals surface area contributed by atoms with Crippen molar-refractivity contribution >= 4 is 32.8 Å². The maximum Gasteiger partial charge on any atom is 0.164 e. The first-order valence-electron chi connectivity index (χ1n) is 7.86. The van der Waals surface area contributed by atoms with Gasteiger partial charge < -0.3 is 10.0 Å². The first-order valence-corrected chi connectivity index (χ1v) is 8.65. The van der Waals surface area contributed by atoms with Crippen LogP contribution in [0.25, 0.3) is 11.0 Å². The van der Waals surface area contributed by atoms with Gasteiger partial charge in [0.1, 0.15) is 16.7 Å². The van der Waals surface area contributed by atoms with Crippen LogP contribution in [0.4, 0.5) is 5.82 Å². The van der Waals surface area contributed by atoms with E-state index in [0.29, 0.717) is 13.0 Å². The predicted molar refractivity (Wildman–Crippen MR) is 97.8 cm³/mol. The lowest BCUT2D eigenvalue weighted by atomic mass is 10.1. The van der Waals surface area contributed by atoms with Gasteiger partial charge in [-0.2, -0.15) is 5.10 Å². The standard InChI is InChI=1S/C17H20BrN5O/c1-12(8-9-24)23(10-13-6-4-3-5-7-13)17-14-15(18)21-22(2)16(14)19-11-20-17/h3-7,11-12,24H,8-10H2,1-2H3. The molecule has 1 atom stereocenters. The number of rotatable bonds is 6. The summed E-state index contributed by atoms with van der Waals surface area (Å²) in [7, 11) is 1.86. The zero-order valence-electron chi connectivity index (χ0n) is 13.7. The Balaban J connectivity index is 2.08. The average molecular weight is 390 g/mol. The number of halogens is 1. The normalized spacial score (nSPS) is 12.5. The molecule has 126 valence electrons. The van der Waals surface area contributed by atoms with Crippen LogP contribution in [0.5, 0.6) is 0 Å². The van der Waals surface area contributed by atoms with E-state index in [1.165, 1.54) is 5.56 Å². The smallest absolute Gasteiger partial charge is 0.164 e. The highest BCUT2D eigenvalue weighted by Gasteiger charge is 2.22. The average Bonchev–Trinajstić information content (AvgIpc) is 2.88. The van der Waals surface area contributed by atoms with Gasteiger partial charge >= 0.3 is 0 Å². The molecule has 6 nitrogen and oxygen atoms in total. The quantitative estimate of drug-likeness (QED) is 0.701. The molecule has 0 aliphatic rings. The third-order valence-corrected chi connectivity index (χ3v) is 4.66. The van der Waals surface area contributed by atoms with E-state index in [4.69, 9.17) is 0 Å². The fraction of sp³-hybridized carbons (Fsp3) is 0.353. The Kier molecular flexibility index (Phi) is 5.11. The lowest BCUT2D eigenvalue weighted by Crippen LogP contribution is -2.34. The molecular formula is C17H20BrN5O. The van der Waals surface area contributed by atoms with Crippen LogP contribution >= 0.6 is 15.9 Å². The third-order valence-electron chi connectivity index (χ3n) is 4.10. The summed E-state index contributed by atoms with van der Waals surface area (Å²) in [6, 6.07) is 10.4. The van der Waals surface area contributed by atoms with Gasteiger partial charge in [-0.15, -0.1) is 0 Å². The molecule has 7 heteroatoms. The fourth-order valence-corrected chi connectivity index (χ4v) is 3.40. The number of hydrogen-bond acceptors (Lipinski definition) is 5. The summed E-state index contributed by atoms with van der Waals surface area (Å²) in [5.74, 6) is 0.824. The molecule has 0 amide bonds. The van der Waals surface area contributed by atoms with Crippen LogP contribution in [-0.4, -0.2) is 37.5 Å². The van der Waals surface area contributed by atoms with Crippen molar-refractivity contribution in [1.29, 1.82) is 0 Å². The summed E-state index contributed by atoms with van der Waals surface area (Å²) < 4.78 is 2.46. The van der Waals surface area contributed by atoms with Crippen LogP contribution in [0.3, 0.4) is 0 Å². The Morgan fingerprint density at radius 1 is 1.25 bits per heavy atom. The minimum absolute atomic E-state index is 0.125. The first kappa shape index (κ1) is 16.9. The Morgan fingerprint density at radius 3 is 2.71 bits per heavy atom. The number of benzene rings is 1. The molecule has 3 rings (SSSR count). The van der Waals surface area contributed by atoms with E-state index >= 15 is 0 Å². The maximum atomic E-state index is 9.39. The van der Waals surface area contributed by atoms with Gasteiger partial charge in [0.05, 0.1) is 5.39 Å². The minimum atomic E-state index is 0.125. The van der Waals surface area contributed by atoms with Crippen LogP contribution in [0.2, 0.25) is 0 Å². The van der Waals surface area contributed by atoms with E-state index in [1.54, 1.807) is 11.0 Å². The third kappa shape index (κ3) is 3.27. The van der Waals surface area contributed by atoms with Crippen LogP contribution in [0, 0.1) is 0 Å². The van der Waals surface area contributed by atoms with Crippen LogP contribution in [0.15, 0.2) is 41.3 Å². The molecule has 2 heterocycles. The van der Waals surface area contributed by atoms with Crippen LogP contribution in [0.1, 0.15) is 18.9 Å². The number of hydrogen-bond donors (Lipinski definition) is 1. The predicted octanol–water partition coefficient (Wildman–Crippen LogP) is 2.90. The van der Waals surface area contributed by atoms with Crippen molar-refractivity contribution in [2.45, 2.75) is 25.9 Å². The Morgan fingerprint density at radius 2 is 2.00 bits per heavy atom. The zero-order chi connectivity index (χ0) is 17.1. The van der Waals surface area contributed by atoms with E-state index in [2.05, 4.69) is 55.0 Å². The van der Waals surface area contributed by atoms with Gasteiger partial charge in [-0.25, -0.2) is 14.6 Å². The van der Waals surface area contributed by atoms with Gasteiger partial charge in [-0.1, -0.05) is 30.3 Å². The molecular weight excluding hydrogens is 370 g/mol. The molecule has 3 aromatic rings. The minimum Gasteiger partial charge on any atom is -0.396 e. The molecule has 0 saturated carbocycles. The van der Waals surface area contributed by atoms with E-state index in [-0.39, 0.29) is 12.6 Å². The summed E-state index contributed by atoms with van der Waals surface area (Å²) in [6.07, 6.45) is 2.23. The molecule has 24 heavy (non-hydrogen) atoms. The highest BCUT2D eigenvalue weighted by Crippen LogP contribution is 2.31. The summed E-state index contributed by atoms with van der Waals surface area (Å²) in [5.41, 5.74) is 1.97. The molecule has 1 unspecified atom stereocenters. The first-order chi connectivity index (χ1) is 11.6. The second-order valence-corrected chi connectivity index (χ2v) is 6.54. The molecule has 2 aromatic heterocycles. The van der Waals surface area contributed by atoms with Gasteiger partial charge in [0.2, 0.25) is 0 Å². The molecule has 0 bridgehead atoms. The number of anilines is 1. The largest absolute Gasteiger partial charge is 0.396 e. The van der Waals surface area contributed by atoms with Crippen molar-refractivity contribution in [3.63, 3.8) is 0 Å². The van der Waals surface area contributed by atoms with Crippen molar-refractivity contribution in [3.8, 4) is 0 Å².